The number of halogens is 1. The molecule has 0 aliphatic carbocycles. The number of carbonyl (C=O) groups is 1. The first-order valence-corrected chi connectivity index (χ1v) is 16.5. The second-order valence-corrected chi connectivity index (χ2v) is 14.9. The van der Waals surface area contributed by atoms with Gasteiger partial charge in [-0.05, 0) is 54.8 Å². The summed E-state index contributed by atoms with van der Waals surface area (Å²) in [7, 11) is -6.47. The maximum absolute atomic E-state index is 13.6. The zero-order valence-corrected chi connectivity index (χ0v) is 25.2. The Balaban J connectivity index is 1.76. The van der Waals surface area contributed by atoms with Gasteiger partial charge in [-0.25, -0.2) is 16.8 Å². The number of aliphatic hydroxyl groups excluding tert-OH is 1. The quantitative estimate of drug-likeness (QED) is 0.369. The smallest absolute Gasteiger partial charge is 0.262 e. The standard InChI is InChI=1S/C26H30ClN3O7S3/c1-17-14-30(18(2)16-31)26(32)21-6-4-7-22(28-39(33,34)20-11-9-19(27)10-12-20)25(21)37-23(17)15-29(3)40(35,36)24-8-5-13-38-24/h4-13,17-18,23,28,31H,14-16H2,1-3H3/t17-,18+,23-/m1/s1. The van der Waals surface area contributed by atoms with Gasteiger partial charge < -0.3 is 14.7 Å². The number of sulfonamides is 2. The first-order chi connectivity index (χ1) is 18.8. The third-order valence-corrected chi connectivity index (χ3v) is 11.5. The number of hydrogen-bond acceptors (Lipinski definition) is 8. The molecule has 1 aromatic heterocycles. The molecule has 3 aromatic rings. The van der Waals surface area contributed by atoms with Crippen molar-refractivity contribution >= 4 is 54.6 Å². The van der Waals surface area contributed by atoms with Gasteiger partial charge in [-0.2, -0.15) is 4.31 Å². The van der Waals surface area contributed by atoms with E-state index in [2.05, 4.69) is 4.72 Å². The van der Waals surface area contributed by atoms with E-state index in [1.807, 2.05) is 6.92 Å². The molecular formula is C26H30ClN3O7S3. The molecule has 10 nitrogen and oxygen atoms in total. The summed E-state index contributed by atoms with van der Waals surface area (Å²) in [4.78, 5) is 15.1. The lowest BCUT2D eigenvalue weighted by molar-refractivity contribution is 0.0389. The molecule has 40 heavy (non-hydrogen) atoms. The summed E-state index contributed by atoms with van der Waals surface area (Å²) in [6.45, 7) is 3.32. The number of nitrogens with one attached hydrogen (secondary N) is 1. The van der Waals surface area contributed by atoms with Crippen molar-refractivity contribution in [3.05, 3.63) is 70.6 Å². The van der Waals surface area contributed by atoms with E-state index in [1.165, 1.54) is 64.8 Å². The van der Waals surface area contributed by atoms with E-state index in [-0.39, 0.29) is 45.8 Å². The minimum atomic E-state index is -4.10. The Bertz CT molecular complexity index is 1560. The molecule has 0 saturated heterocycles. The predicted molar refractivity (Wildman–Crippen MR) is 154 cm³/mol. The average Bonchev–Trinajstić information content (AvgIpc) is 3.47. The molecule has 0 radical (unpaired) electrons. The third-order valence-electron chi connectivity index (χ3n) is 6.66. The largest absolute Gasteiger partial charge is 0.486 e. The van der Waals surface area contributed by atoms with Gasteiger partial charge in [0.25, 0.3) is 26.0 Å². The van der Waals surface area contributed by atoms with Crippen molar-refractivity contribution in [3.63, 3.8) is 0 Å². The zero-order chi connectivity index (χ0) is 29.2. The average molecular weight is 628 g/mol. The van der Waals surface area contributed by atoms with Gasteiger partial charge in [0.1, 0.15) is 10.3 Å². The van der Waals surface area contributed by atoms with E-state index in [1.54, 1.807) is 18.4 Å². The Morgan fingerprint density at radius 2 is 1.85 bits per heavy atom. The summed E-state index contributed by atoms with van der Waals surface area (Å²) >= 11 is 7.01. The first-order valence-electron chi connectivity index (χ1n) is 12.3. The van der Waals surface area contributed by atoms with Crippen LogP contribution in [-0.2, 0) is 20.0 Å². The Labute approximate surface area is 243 Å². The number of nitrogens with zero attached hydrogens (tertiary/aromatic N) is 2. The maximum atomic E-state index is 13.6. The highest BCUT2D eigenvalue weighted by Gasteiger charge is 2.36. The number of ether oxygens (including phenoxy) is 1. The van der Waals surface area contributed by atoms with Crippen molar-refractivity contribution in [2.75, 3.05) is 31.5 Å². The summed E-state index contributed by atoms with van der Waals surface area (Å²) in [5.41, 5.74) is 0.0949. The van der Waals surface area contributed by atoms with Gasteiger partial charge in [-0.1, -0.05) is 30.7 Å². The number of para-hydroxylation sites is 1. The molecular weight excluding hydrogens is 598 g/mol. The Kier molecular flexibility index (Phi) is 9.12. The summed E-state index contributed by atoms with van der Waals surface area (Å²) in [6.07, 6.45) is -0.777. The highest BCUT2D eigenvalue weighted by atomic mass is 35.5. The van der Waals surface area contributed by atoms with Crippen LogP contribution in [0.25, 0.3) is 0 Å². The van der Waals surface area contributed by atoms with Crippen LogP contribution in [-0.4, -0.2) is 75.9 Å². The molecule has 2 aromatic carbocycles. The lowest BCUT2D eigenvalue weighted by Gasteiger charge is -2.38. The Morgan fingerprint density at radius 1 is 1.15 bits per heavy atom. The fraction of sp³-hybridized carbons (Fsp3) is 0.346. The SMILES string of the molecule is C[C@@H]1CN([C@@H](C)CO)C(=O)c2cccc(NS(=O)(=O)c3ccc(Cl)cc3)c2O[C@@H]1CN(C)S(=O)(=O)c1cccs1. The summed E-state index contributed by atoms with van der Waals surface area (Å²) in [5, 5.41) is 11.9. The molecule has 3 atom stereocenters. The predicted octanol–water partition coefficient (Wildman–Crippen LogP) is 3.74. The summed E-state index contributed by atoms with van der Waals surface area (Å²) in [6, 6.07) is 12.7. The number of fused-ring (bicyclic) bond motifs is 1. The molecule has 0 fully saturated rings. The molecule has 14 heteroatoms. The molecule has 2 heterocycles. The number of thiophene rings is 1. The highest BCUT2D eigenvalue weighted by Crippen LogP contribution is 2.36. The summed E-state index contributed by atoms with van der Waals surface area (Å²) in [5.74, 6) is -0.874. The van der Waals surface area contributed by atoms with Gasteiger partial charge in [-0.15, -0.1) is 11.3 Å². The lowest BCUT2D eigenvalue weighted by Crippen LogP contribution is -2.50. The van der Waals surface area contributed by atoms with Crippen LogP contribution in [0.3, 0.4) is 0 Å². The normalized spacial score (nSPS) is 18.9. The van der Waals surface area contributed by atoms with Gasteiger partial charge in [0.05, 0.1) is 35.3 Å². The van der Waals surface area contributed by atoms with Crippen molar-refractivity contribution in [1.82, 2.24) is 9.21 Å². The van der Waals surface area contributed by atoms with Gasteiger partial charge in [0.2, 0.25) is 0 Å². The van der Waals surface area contributed by atoms with Crippen LogP contribution in [0.5, 0.6) is 5.75 Å². The molecule has 0 saturated carbocycles. The van der Waals surface area contributed by atoms with Gasteiger partial charge in [-0.3, -0.25) is 9.52 Å². The van der Waals surface area contributed by atoms with Crippen molar-refractivity contribution in [2.45, 2.75) is 35.1 Å². The van der Waals surface area contributed by atoms with Gasteiger partial charge in [0, 0.05) is 24.5 Å². The molecule has 4 rings (SSSR count). The lowest BCUT2D eigenvalue weighted by atomic mass is 9.99. The topological polar surface area (TPSA) is 133 Å². The van der Waals surface area contributed by atoms with Gasteiger partial charge >= 0.3 is 0 Å². The Hall–Kier alpha value is -2.68. The number of likely N-dealkylation sites (N-methyl/N-ethyl adjacent to an activating group) is 1. The number of rotatable bonds is 9. The molecule has 216 valence electrons. The van der Waals surface area contributed by atoms with Gasteiger partial charge in [0.15, 0.2) is 5.75 Å². The van der Waals surface area contributed by atoms with E-state index < -0.39 is 44.0 Å². The fourth-order valence-corrected chi connectivity index (χ4v) is 7.85. The number of aliphatic hydroxyl groups is 1. The molecule has 0 unspecified atom stereocenters. The number of hydrogen-bond donors (Lipinski definition) is 2. The zero-order valence-electron chi connectivity index (χ0n) is 22.0. The maximum Gasteiger partial charge on any atom is 0.262 e. The number of amides is 1. The second-order valence-electron chi connectivity index (χ2n) is 9.58. The molecule has 0 bridgehead atoms. The van der Waals surface area contributed by atoms with Crippen molar-refractivity contribution < 1.29 is 31.5 Å². The van der Waals surface area contributed by atoms with E-state index in [9.17, 15) is 26.7 Å². The minimum Gasteiger partial charge on any atom is -0.486 e. The molecule has 1 aliphatic heterocycles. The molecule has 1 aliphatic rings. The van der Waals surface area contributed by atoms with E-state index in [0.717, 1.165) is 11.3 Å². The number of benzene rings is 2. The minimum absolute atomic E-state index is 0.0141. The number of carbonyl (C=O) groups excluding carboxylic acids is 1. The molecule has 0 spiro atoms. The van der Waals surface area contributed by atoms with Crippen molar-refractivity contribution in [2.24, 2.45) is 5.92 Å². The van der Waals surface area contributed by atoms with Crippen LogP contribution in [0.1, 0.15) is 24.2 Å². The van der Waals surface area contributed by atoms with Crippen LogP contribution in [0.4, 0.5) is 5.69 Å². The third kappa shape index (κ3) is 6.29. The van der Waals surface area contributed by atoms with Crippen molar-refractivity contribution in [3.8, 4) is 5.75 Å². The first kappa shape index (κ1) is 30.3. The van der Waals surface area contributed by atoms with Crippen molar-refractivity contribution in [1.29, 1.82) is 0 Å². The second kappa shape index (κ2) is 12.0. The van der Waals surface area contributed by atoms with E-state index >= 15 is 0 Å². The van der Waals surface area contributed by atoms with E-state index in [4.69, 9.17) is 16.3 Å². The van der Waals surface area contributed by atoms with Crippen LogP contribution < -0.4 is 9.46 Å². The highest BCUT2D eigenvalue weighted by molar-refractivity contribution is 7.92. The van der Waals surface area contributed by atoms with Crippen LogP contribution in [0.15, 0.2) is 69.1 Å². The van der Waals surface area contributed by atoms with E-state index in [0.29, 0.717) is 5.02 Å². The molecule has 1 amide bonds. The molecule has 2 N–H and O–H groups in total. The fourth-order valence-electron chi connectivity index (χ4n) is 4.27. The number of anilines is 1. The monoisotopic (exact) mass is 627 g/mol. The summed E-state index contributed by atoms with van der Waals surface area (Å²) < 4.78 is 63.0. The van der Waals surface area contributed by atoms with Crippen LogP contribution in [0, 0.1) is 5.92 Å². The van der Waals surface area contributed by atoms with Crippen LogP contribution >= 0.6 is 22.9 Å². The Morgan fingerprint density at radius 3 is 2.48 bits per heavy atom. The van der Waals surface area contributed by atoms with Crippen LogP contribution in [0.2, 0.25) is 5.02 Å².